The van der Waals surface area contributed by atoms with Crippen molar-refractivity contribution >= 4 is 17.2 Å². The standard InChI is InChI=1S/C16H17N5O2S/c1-11(12-4-6-17-7-5-12)18-16(23)13-9-21(20-19-13)10-14(22)15-3-2-8-24-15/h2-9,11,14,22H,10H2,1H3,(H,18,23). The molecule has 0 radical (unpaired) electrons. The summed E-state index contributed by atoms with van der Waals surface area (Å²) in [4.78, 5) is 17.1. The van der Waals surface area contributed by atoms with E-state index in [4.69, 9.17) is 0 Å². The summed E-state index contributed by atoms with van der Waals surface area (Å²) < 4.78 is 1.47. The van der Waals surface area contributed by atoms with Gasteiger partial charge in [0.25, 0.3) is 5.91 Å². The molecule has 2 unspecified atom stereocenters. The number of hydrogen-bond donors (Lipinski definition) is 2. The molecule has 0 aliphatic heterocycles. The first-order chi connectivity index (χ1) is 11.6. The van der Waals surface area contributed by atoms with Gasteiger partial charge in [0.1, 0.15) is 6.10 Å². The molecule has 1 amide bonds. The molecule has 0 fully saturated rings. The van der Waals surface area contributed by atoms with Crippen molar-refractivity contribution in [1.29, 1.82) is 0 Å². The van der Waals surface area contributed by atoms with E-state index in [0.717, 1.165) is 10.4 Å². The zero-order valence-electron chi connectivity index (χ0n) is 13.0. The van der Waals surface area contributed by atoms with Crippen molar-refractivity contribution < 1.29 is 9.90 Å². The Bertz CT molecular complexity index is 788. The maximum Gasteiger partial charge on any atom is 0.273 e. The monoisotopic (exact) mass is 343 g/mol. The fraction of sp³-hybridized carbons (Fsp3) is 0.250. The lowest BCUT2D eigenvalue weighted by Gasteiger charge is -2.12. The minimum Gasteiger partial charge on any atom is -0.386 e. The summed E-state index contributed by atoms with van der Waals surface area (Å²) in [7, 11) is 0. The van der Waals surface area contributed by atoms with Crippen LogP contribution in [0, 0.1) is 0 Å². The molecule has 0 spiro atoms. The number of carbonyl (C=O) groups excluding carboxylic acids is 1. The van der Waals surface area contributed by atoms with Crippen molar-refractivity contribution in [3.05, 3.63) is 64.4 Å². The van der Waals surface area contributed by atoms with Crippen LogP contribution in [0.3, 0.4) is 0 Å². The van der Waals surface area contributed by atoms with Gasteiger partial charge in [0.2, 0.25) is 0 Å². The van der Waals surface area contributed by atoms with Crippen LogP contribution in [-0.4, -0.2) is 31.0 Å². The van der Waals surface area contributed by atoms with Gasteiger partial charge < -0.3 is 10.4 Å². The van der Waals surface area contributed by atoms with Crippen LogP contribution in [0.15, 0.2) is 48.2 Å². The summed E-state index contributed by atoms with van der Waals surface area (Å²) in [6, 6.07) is 7.26. The Kier molecular flexibility index (Phi) is 4.97. The van der Waals surface area contributed by atoms with Crippen LogP contribution < -0.4 is 5.32 Å². The first kappa shape index (κ1) is 16.3. The highest BCUT2D eigenvalue weighted by molar-refractivity contribution is 7.10. The van der Waals surface area contributed by atoms with E-state index in [1.54, 1.807) is 12.4 Å². The van der Waals surface area contributed by atoms with Crippen molar-refractivity contribution in [3.63, 3.8) is 0 Å². The predicted octanol–water partition coefficient (Wildman–Crippen LogP) is 1.96. The second-order valence-corrected chi connectivity index (χ2v) is 6.31. The van der Waals surface area contributed by atoms with Crippen molar-refractivity contribution in [3.8, 4) is 0 Å². The van der Waals surface area contributed by atoms with E-state index in [0.29, 0.717) is 0 Å². The number of aliphatic hydroxyl groups excluding tert-OH is 1. The Labute approximate surface area is 143 Å². The van der Waals surface area contributed by atoms with Crippen LogP contribution in [0.1, 0.15) is 40.0 Å². The van der Waals surface area contributed by atoms with Gasteiger partial charge in [0.05, 0.1) is 18.8 Å². The number of aromatic nitrogens is 4. The molecule has 3 aromatic heterocycles. The summed E-state index contributed by atoms with van der Waals surface area (Å²) in [6.07, 6.45) is 4.23. The molecule has 2 atom stereocenters. The third kappa shape index (κ3) is 3.84. The molecule has 24 heavy (non-hydrogen) atoms. The van der Waals surface area contributed by atoms with Crippen LogP contribution in [0.2, 0.25) is 0 Å². The Morgan fingerprint density at radius 3 is 2.88 bits per heavy atom. The first-order valence-corrected chi connectivity index (χ1v) is 8.34. The summed E-state index contributed by atoms with van der Waals surface area (Å²) in [5, 5.41) is 22.7. The molecule has 0 saturated heterocycles. The van der Waals surface area contributed by atoms with Crippen LogP contribution in [0.25, 0.3) is 0 Å². The third-order valence-electron chi connectivity index (χ3n) is 3.56. The summed E-state index contributed by atoms with van der Waals surface area (Å²) in [6.45, 7) is 2.14. The van der Waals surface area contributed by atoms with Gasteiger partial charge in [0.15, 0.2) is 5.69 Å². The highest BCUT2D eigenvalue weighted by atomic mass is 32.1. The minimum absolute atomic E-state index is 0.164. The molecular weight excluding hydrogens is 326 g/mol. The highest BCUT2D eigenvalue weighted by Gasteiger charge is 2.16. The highest BCUT2D eigenvalue weighted by Crippen LogP contribution is 2.20. The van der Waals surface area contributed by atoms with Crippen LogP contribution in [-0.2, 0) is 6.54 Å². The van der Waals surface area contributed by atoms with Crippen LogP contribution in [0.4, 0.5) is 0 Å². The SMILES string of the molecule is CC(NC(=O)c1cn(CC(O)c2cccs2)nn1)c1ccncc1. The zero-order chi connectivity index (χ0) is 16.9. The maximum atomic E-state index is 12.3. The summed E-state index contributed by atoms with van der Waals surface area (Å²) in [5.41, 5.74) is 1.17. The van der Waals surface area contributed by atoms with E-state index >= 15 is 0 Å². The number of pyridine rings is 1. The number of carbonyl (C=O) groups is 1. The lowest BCUT2D eigenvalue weighted by molar-refractivity contribution is 0.0934. The number of thiophene rings is 1. The third-order valence-corrected chi connectivity index (χ3v) is 4.53. The number of hydrogen-bond acceptors (Lipinski definition) is 6. The van der Waals surface area contributed by atoms with Gasteiger partial charge in [0, 0.05) is 17.3 Å². The molecule has 8 heteroatoms. The van der Waals surface area contributed by atoms with Gasteiger partial charge in [-0.05, 0) is 36.1 Å². The van der Waals surface area contributed by atoms with Gasteiger partial charge in [-0.2, -0.15) is 0 Å². The first-order valence-electron chi connectivity index (χ1n) is 7.46. The Hall–Kier alpha value is -2.58. The fourth-order valence-electron chi connectivity index (χ4n) is 2.25. The molecular formula is C16H17N5O2S. The molecule has 0 bridgehead atoms. The smallest absolute Gasteiger partial charge is 0.273 e. The minimum atomic E-state index is -0.668. The quantitative estimate of drug-likeness (QED) is 0.714. The molecule has 0 aliphatic rings. The maximum absolute atomic E-state index is 12.3. The Morgan fingerprint density at radius 2 is 2.17 bits per heavy atom. The van der Waals surface area contributed by atoms with Crippen molar-refractivity contribution in [2.75, 3.05) is 0 Å². The van der Waals surface area contributed by atoms with Gasteiger partial charge in [-0.15, -0.1) is 16.4 Å². The summed E-state index contributed by atoms with van der Waals surface area (Å²) in [5.74, 6) is -0.309. The number of nitrogens with one attached hydrogen (secondary N) is 1. The zero-order valence-corrected chi connectivity index (χ0v) is 13.8. The molecule has 3 aromatic rings. The van der Waals surface area contributed by atoms with E-state index in [1.807, 2.05) is 36.6 Å². The average molecular weight is 343 g/mol. The largest absolute Gasteiger partial charge is 0.386 e. The lowest BCUT2D eigenvalue weighted by atomic mass is 10.1. The normalized spacial score (nSPS) is 13.4. The predicted molar refractivity (Wildman–Crippen MR) is 89.4 cm³/mol. The molecule has 3 heterocycles. The van der Waals surface area contributed by atoms with E-state index < -0.39 is 6.10 Å². The van der Waals surface area contributed by atoms with Gasteiger partial charge in [-0.1, -0.05) is 11.3 Å². The number of rotatable bonds is 6. The fourth-order valence-corrected chi connectivity index (χ4v) is 2.95. The van der Waals surface area contributed by atoms with Gasteiger partial charge in [-0.3, -0.25) is 9.78 Å². The molecule has 3 rings (SSSR count). The molecule has 0 aromatic carbocycles. The average Bonchev–Trinajstić information content (AvgIpc) is 3.27. The Balaban J connectivity index is 1.61. The second-order valence-electron chi connectivity index (χ2n) is 5.33. The van der Waals surface area contributed by atoms with Crippen LogP contribution in [0.5, 0.6) is 0 Å². The topological polar surface area (TPSA) is 92.9 Å². The van der Waals surface area contributed by atoms with Crippen molar-refractivity contribution in [2.24, 2.45) is 0 Å². The number of aliphatic hydroxyl groups is 1. The van der Waals surface area contributed by atoms with E-state index in [-0.39, 0.29) is 24.2 Å². The van der Waals surface area contributed by atoms with Crippen molar-refractivity contribution in [2.45, 2.75) is 25.6 Å². The van der Waals surface area contributed by atoms with Gasteiger partial charge >= 0.3 is 0 Å². The number of amides is 1. The van der Waals surface area contributed by atoms with E-state index in [1.165, 1.54) is 22.2 Å². The van der Waals surface area contributed by atoms with Gasteiger partial charge in [-0.25, -0.2) is 4.68 Å². The molecule has 0 aliphatic carbocycles. The van der Waals surface area contributed by atoms with Crippen LogP contribution >= 0.6 is 11.3 Å². The van der Waals surface area contributed by atoms with E-state index in [2.05, 4.69) is 20.6 Å². The molecule has 0 saturated carbocycles. The lowest BCUT2D eigenvalue weighted by Crippen LogP contribution is -2.27. The number of nitrogens with zero attached hydrogens (tertiary/aromatic N) is 4. The van der Waals surface area contributed by atoms with Crippen molar-refractivity contribution in [1.82, 2.24) is 25.3 Å². The van der Waals surface area contributed by atoms with E-state index in [9.17, 15) is 9.90 Å². The molecule has 7 nitrogen and oxygen atoms in total. The molecule has 2 N–H and O–H groups in total. The Morgan fingerprint density at radius 1 is 1.38 bits per heavy atom. The molecule has 124 valence electrons. The second kappa shape index (κ2) is 7.33. The summed E-state index contributed by atoms with van der Waals surface area (Å²) >= 11 is 1.47.